The molecule has 3 heterocycles. The number of benzene rings is 1. The van der Waals surface area contributed by atoms with E-state index in [0.29, 0.717) is 11.6 Å². The molecule has 0 saturated heterocycles. The van der Waals surface area contributed by atoms with Crippen molar-refractivity contribution in [3.8, 4) is 28.7 Å². The number of rotatable bonds is 3. The highest BCUT2D eigenvalue weighted by Crippen LogP contribution is 2.22. The molecule has 110 valence electrons. The van der Waals surface area contributed by atoms with E-state index in [9.17, 15) is 0 Å². The Kier molecular flexibility index (Phi) is 3.37. The molecule has 0 aliphatic carbocycles. The second-order valence-corrected chi connectivity index (χ2v) is 4.94. The van der Waals surface area contributed by atoms with E-state index in [1.54, 1.807) is 17.1 Å². The van der Waals surface area contributed by atoms with Crippen molar-refractivity contribution < 1.29 is 0 Å². The molecule has 23 heavy (non-hydrogen) atoms. The van der Waals surface area contributed by atoms with Gasteiger partial charge in [0.25, 0.3) is 0 Å². The monoisotopic (exact) mass is 299 g/mol. The molecule has 0 amide bonds. The Labute approximate surface area is 133 Å². The minimum Gasteiger partial charge on any atom is -0.253 e. The van der Waals surface area contributed by atoms with E-state index >= 15 is 0 Å². The number of aromatic nitrogens is 5. The molecule has 1 aromatic carbocycles. The van der Waals surface area contributed by atoms with Gasteiger partial charge in [-0.1, -0.05) is 30.3 Å². The van der Waals surface area contributed by atoms with Crippen molar-refractivity contribution in [2.45, 2.75) is 0 Å². The lowest BCUT2D eigenvalue weighted by atomic mass is 10.3. The van der Waals surface area contributed by atoms with Crippen LogP contribution in [0.25, 0.3) is 28.7 Å². The quantitative estimate of drug-likeness (QED) is 0.582. The Morgan fingerprint density at radius 2 is 1.30 bits per heavy atom. The first-order valence-corrected chi connectivity index (χ1v) is 7.27. The van der Waals surface area contributed by atoms with Gasteiger partial charge in [-0.25, -0.2) is 9.67 Å². The van der Waals surface area contributed by atoms with Crippen molar-refractivity contribution in [2.75, 3.05) is 0 Å². The fourth-order valence-corrected chi connectivity index (χ4v) is 2.33. The third-order valence-electron chi connectivity index (χ3n) is 3.40. The van der Waals surface area contributed by atoms with Crippen LogP contribution in [0.2, 0.25) is 0 Å². The maximum absolute atomic E-state index is 4.65. The Morgan fingerprint density at radius 3 is 1.96 bits per heavy atom. The van der Waals surface area contributed by atoms with E-state index in [2.05, 4.69) is 20.1 Å². The molecule has 0 spiro atoms. The van der Waals surface area contributed by atoms with E-state index < -0.39 is 0 Å². The van der Waals surface area contributed by atoms with E-state index in [-0.39, 0.29) is 0 Å². The van der Waals surface area contributed by atoms with Gasteiger partial charge in [0.15, 0.2) is 5.82 Å². The zero-order valence-corrected chi connectivity index (χ0v) is 12.2. The van der Waals surface area contributed by atoms with Crippen LogP contribution < -0.4 is 0 Å². The lowest BCUT2D eigenvalue weighted by molar-refractivity contribution is 0.884. The van der Waals surface area contributed by atoms with Crippen molar-refractivity contribution in [3.63, 3.8) is 0 Å². The van der Waals surface area contributed by atoms with Gasteiger partial charge in [0.1, 0.15) is 11.4 Å². The third kappa shape index (κ3) is 2.60. The van der Waals surface area contributed by atoms with Crippen molar-refractivity contribution in [2.24, 2.45) is 0 Å². The molecule has 0 unspecified atom stereocenters. The first-order valence-electron chi connectivity index (χ1n) is 7.27. The van der Waals surface area contributed by atoms with Gasteiger partial charge in [-0.15, -0.1) is 5.10 Å². The zero-order chi connectivity index (χ0) is 15.5. The highest BCUT2D eigenvalue weighted by molar-refractivity contribution is 5.59. The van der Waals surface area contributed by atoms with Crippen LogP contribution in [0.1, 0.15) is 0 Å². The average molecular weight is 299 g/mol. The summed E-state index contributed by atoms with van der Waals surface area (Å²) in [5.74, 6) is 1.27. The van der Waals surface area contributed by atoms with Crippen molar-refractivity contribution in [3.05, 3.63) is 79.1 Å². The molecular weight excluding hydrogens is 286 g/mol. The van der Waals surface area contributed by atoms with E-state index in [1.165, 1.54) is 0 Å². The average Bonchev–Trinajstić information content (AvgIpc) is 3.09. The predicted octanol–water partition coefficient (Wildman–Crippen LogP) is 3.39. The molecule has 0 aliphatic rings. The number of hydrogen-bond acceptors (Lipinski definition) is 4. The summed E-state index contributed by atoms with van der Waals surface area (Å²) in [5, 5.41) is 4.63. The first-order chi connectivity index (χ1) is 11.4. The Hall–Kier alpha value is -3.34. The molecule has 0 atom stereocenters. The van der Waals surface area contributed by atoms with Gasteiger partial charge < -0.3 is 0 Å². The van der Waals surface area contributed by atoms with Crippen LogP contribution in [0.3, 0.4) is 0 Å². The van der Waals surface area contributed by atoms with Crippen LogP contribution in [0.4, 0.5) is 0 Å². The minimum atomic E-state index is 0.579. The lowest BCUT2D eigenvalue weighted by Crippen LogP contribution is -2.00. The fraction of sp³-hybridized carbons (Fsp3) is 0. The SMILES string of the molecule is c1ccc(-n2nc(-c3ccccn3)nc2-c2ccccn2)cc1. The number of hydrogen-bond donors (Lipinski definition) is 0. The summed E-state index contributed by atoms with van der Waals surface area (Å²) in [4.78, 5) is 13.4. The van der Waals surface area contributed by atoms with Gasteiger partial charge >= 0.3 is 0 Å². The second kappa shape index (κ2) is 5.81. The Bertz CT molecular complexity index is 845. The third-order valence-corrected chi connectivity index (χ3v) is 3.40. The normalized spacial score (nSPS) is 10.6. The minimum absolute atomic E-state index is 0.579. The predicted molar refractivity (Wildman–Crippen MR) is 87.8 cm³/mol. The maximum atomic E-state index is 4.65. The Balaban J connectivity index is 1.91. The molecule has 0 saturated carbocycles. The number of pyridine rings is 2. The van der Waals surface area contributed by atoms with Gasteiger partial charge in [0, 0.05) is 12.4 Å². The first kappa shape index (κ1) is 13.3. The molecule has 0 radical (unpaired) electrons. The molecule has 5 heteroatoms. The van der Waals surface area contributed by atoms with Gasteiger partial charge in [-0.3, -0.25) is 9.97 Å². The maximum Gasteiger partial charge on any atom is 0.200 e. The summed E-state index contributed by atoms with van der Waals surface area (Å²) in [6.07, 6.45) is 3.48. The largest absolute Gasteiger partial charge is 0.253 e. The molecule has 4 aromatic rings. The topological polar surface area (TPSA) is 56.5 Å². The zero-order valence-electron chi connectivity index (χ0n) is 12.2. The smallest absolute Gasteiger partial charge is 0.200 e. The summed E-state index contributed by atoms with van der Waals surface area (Å²) in [5.41, 5.74) is 2.44. The van der Waals surface area contributed by atoms with Gasteiger partial charge in [0.2, 0.25) is 5.82 Å². The van der Waals surface area contributed by atoms with Crippen LogP contribution in [-0.2, 0) is 0 Å². The molecule has 0 fully saturated rings. The second-order valence-electron chi connectivity index (χ2n) is 4.94. The van der Waals surface area contributed by atoms with Crippen LogP contribution in [-0.4, -0.2) is 24.7 Å². The molecular formula is C18H13N5. The van der Waals surface area contributed by atoms with Gasteiger partial charge in [0.05, 0.1) is 5.69 Å². The lowest BCUT2D eigenvalue weighted by Gasteiger charge is -2.04. The van der Waals surface area contributed by atoms with E-state index in [4.69, 9.17) is 0 Å². The van der Waals surface area contributed by atoms with Crippen molar-refractivity contribution in [1.82, 2.24) is 24.7 Å². The van der Waals surface area contributed by atoms with Crippen molar-refractivity contribution >= 4 is 0 Å². The standard InChI is InChI=1S/C18H13N5/c1-2-8-14(9-3-1)23-18(16-11-5-7-13-20-16)21-17(22-23)15-10-4-6-12-19-15/h1-13H. The highest BCUT2D eigenvalue weighted by atomic mass is 15.4. The summed E-state index contributed by atoms with van der Waals surface area (Å²) < 4.78 is 1.80. The molecule has 4 rings (SSSR count). The summed E-state index contributed by atoms with van der Waals surface area (Å²) in [6, 6.07) is 21.3. The van der Waals surface area contributed by atoms with E-state index in [0.717, 1.165) is 17.1 Å². The van der Waals surface area contributed by atoms with E-state index in [1.807, 2.05) is 66.7 Å². The number of para-hydroxylation sites is 1. The Morgan fingerprint density at radius 1 is 0.652 bits per heavy atom. The van der Waals surface area contributed by atoms with Gasteiger partial charge in [-0.05, 0) is 36.4 Å². The van der Waals surface area contributed by atoms with Crippen LogP contribution in [0.5, 0.6) is 0 Å². The van der Waals surface area contributed by atoms with Crippen molar-refractivity contribution in [1.29, 1.82) is 0 Å². The van der Waals surface area contributed by atoms with Crippen LogP contribution in [0.15, 0.2) is 79.1 Å². The fourth-order valence-electron chi connectivity index (χ4n) is 2.33. The molecule has 5 nitrogen and oxygen atoms in total. The molecule has 3 aromatic heterocycles. The summed E-state index contributed by atoms with van der Waals surface area (Å²) in [7, 11) is 0. The van der Waals surface area contributed by atoms with Crippen LogP contribution in [0, 0.1) is 0 Å². The van der Waals surface area contributed by atoms with Crippen LogP contribution >= 0.6 is 0 Å². The number of nitrogens with zero attached hydrogens (tertiary/aromatic N) is 5. The highest BCUT2D eigenvalue weighted by Gasteiger charge is 2.15. The summed E-state index contributed by atoms with van der Waals surface area (Å²) >= 11 is 0. The molecule has 0 bridgehead atoms. The van der Waals surface area contributed by atoms with Gasteiger partial charge in [-0.2, -0.15) is 0 Å². The molecule has 0 N–H and O–H groups in total. The molecule has 0 aliphatic heterocycles. The summed E-state index contributed by atoms with van der Waals surface area (Å²) in [6.45, 7) is 0.